The van der Waals surface area contributed by atoms with Crippen LogP contribution in [0.15, 0.2) is 11.0 Å². The molecule has 4 atom stereocenters. The van der Waals surface area contributed by atoms with Gasteiger partial charge in [0, 0.05) is 6.20 Å². The van der Waals surface area contributed by atoms with Crippen molar-refractivity contribution in [3.05, 3.63) is 26.3 Å². The molecule has 13 heteroatoms. The van der Waals surface area contributed by atoms with E-state index in [1.807, 2.05) is 0 Å². The van der Waals surface area contributed by atoms with Crippen LogP contribution in [-0.2, 0) is 10.4 Å². The Morgan fingerprint density at radius 2 is 2.05 bits per heavy atom. The summed E-state index contributed by atoms with van der Waals surface area (Å²) < 4.78 is 20.9. The standard InChI is InChI=1S/C9H13B3ClFN2O5S/c10-8(16-1-2(13)5(19)15-6(16)22)4(18)3(17)7(14,21-8)9(11,12)20/h1,3-4,17-18,20H,10-12H2,(H,15,19,22)/t3-,4+,7-,8-/m0/s1. The quantitative estimate of drug-likeness (QED) is 0.322. The summed E-state index contributed by atoms with van der Waals surface area (Å²) in [6, 6.07) is 0. The van der Waals surface area contributed by atoms with Gasteiger partial charge < -0.3 is 20.1 Å². The zero-order valence-corrected chi connectivity index (χ0v) is 13.6. The summed E-state index contributed by atoms with van der Waals surface area (Å²) in [5, 5.41) is 27.8. The minimum absolute atomic E-state index is 0.192. The number of aliphatic hydroxyl groups is 3. The van der Waals surface area contributed by atoms with Crippen LogP contribution in [0, 0.1) is 4.77 Å². The maximum Gasteiger partial charge on any atom is 0.270 e. The Kier molecular flexibility index (Phi) is 4.17. The summed E-state index contributed by atoms with van der Waals surface area (Å²) in [5.74, 6) is -2.96. The molecule has 1 aromatic heterocycles. The van der Waals surface area contributed by atoms with Gasteiger partial charge in [0.1, 0.15) is 38.5 Å². The Labute approximate surface area is 137 Å². The molecule has 1 saturated heterocycles. The number of rotatable bonds is 2. The van der Waals surface area contributed by atoms with Gasteiger partial charge in [-0.2, -0.15) is 0 Å². The van der Waals surface area contributed by atoms with Gasteiger partial charge in [0.25, 0.3) is 11.4 Å². The number of nitrogens with one attached hydrogen (secondary N) is 1. The zero-order valence-electron chi connectivity index (χ0n) is 12.0. The first-order valence-electron chi connectivity index (χ1n) is 6.34. The van der Waals surface area contributed by atoms with Crippen LogP contribution in [-0.4, -0.2) is 71.9 Å². The molecule has 1 fully saturated rings. The maximum atomic E-state index is 14.9. The molecule has 0 saturated carbocycles. The average Bonchev–Trinajstić information content (AvgIpc) is 2.56. The van der Waals surface area contributed by atoms with Crippen LogP contribution in [0.2, 0.25) is 5.02 Å². The molecule has 1 aromatic rings. The Hall–Kier alpha value is -0.645. The van der Waals surface area contributed by atoms with Gasteiger partial charge in [-0.1, -0.05) is 11.6 Å². The van der Waals surface area contributed by atoms with E-state index in [0.717, 1.165) is 26.5 Å². The predicted octanol–water partition coefficient (Wildman–Crippen LogP) is -3.87. The second kappa shape index (κ2) is 5.18. The number of aromatic nitrogens is 2. The van der Waals surface area contributed by atoms with Crippen LogP contribution in [0.4, 0.5) is 4.39 Å². The Balaban J connectivity index is 2.64. The van der Waals surface area contributed by atoms with Crippen molar-refractivity contribution in [1.82, 2.24) is 9.55 Å². The number of halogens is 2. The van der Waals surface area contributed by atoms with Crippen molar-refractivity contribution in [3.8, 4) is 0 Å². The van der Waals surface area contributed by atoms with Crippen molar-refractivity contribution in [2.75, 3.05) is 0 Å². The van der Waals surface area contributed by atoms with Gasteiger partial charge in [-0.15, -0.1) is 0 Å². The largest absolute Gasteiger partial charge is 0.402 e. The molecule has 22 heavy (non-hydrogen) atoms. The fourth-order valence-corrected chi connectivity index (χ4v) is 2.84. The van der Waals surface area contributed by atoms with Crippen LogP contribution in [0.25, 0.3) is 0 Å². The second-order valence-corrected chi connectivity index (χ2v) is 6.65. The van der Waals surface area contributed by atoms with Crippen molar-refractivity contribution in [2.24, 2.45) is 0 Å². The van der Waals surface area contributed by atoms with Crippen molar-refractivity contribution < 1.29 is 24.4 Å². The molecule has 0 amide bonds. The molecular formula is C9H13B3ClFN2O5S. The summed E-state index contributed by atoms with van der Waals surface area (Å²) in [6.07, 6.45) is -2.77. The Morgan fingerprint density at radius 1 is 1.50 bits per heavy atom. The fraction of sp³-hybridized carbons (Fsp3) is 0.556. The zero-order chi connectivity index (χ0) is 17.1. The minimum Gasteiger partial charge on any atom is -0.402 e. The van der Waals surface area contributed by atoms with Gasteiger partial charge in [0.2, 0.25) is 0 Å². The highest BCUT2D eigenvalue weighted by Crippen LogP contribution is 2.45. The molecule has 0 aliphatic carbocycles. The summed E-state index contributed by atoms with van der Waals surface area (Å²) in [6.45, 7) is 0. The number of aliphatic hydroxyl groups excluding tert-OH is 2. The molecular weight excluding hydrogens is 335 g/mol. The SMILES string of the molecule is BC(B)(O)[C@@]1(F)O[C@@](B)(n2cc(Cl)c(=O)[nH]c2=S)[C@H](O)[C@@H]1O. The number of nitrogens with zero attached hydrogens (tertiary/aromatic N) is 1. The van der Waals surface area contributed by atoms with Crippen LogP contribution >= 0.6 is 23.8 Å². The van der Waals surface area contributed by atoms with E-state index in [1.54, 1.807) is 0 Å². The topological polar surface area (TPSA) is 108 Å². The van der Waals surface area contributed by atoms with Gasteiger partial charge in [-0.05, 0) is 12.2 Å². The molecule has 0 radical (unpaired) electrons. The summed E-state index contributed by atoms with van der Waals surface area (Å²) in [5.41, 5.74) is -2.55. The number of H-pyrrole nitrogens is 1. The summed E-state index contributed by atoms with van der Waals surface area (Å²) >= 11 is 10.7. The van der Waals surface area contributed by atoms with Gasteiger partial charge in [0.15, 0.2) is 12.6 Å². The smallest absolute Gasteiger partial charge is 0.270 e. The van der Waals surface area contributed by atoms with Crippen LogP contribution < -0.4 is 5.56 Å². The monoisotopic (exact) mass is 348 g/mol. The van der Waals surface area contributed by atoms with E-state index < -0.39 is 34.6 Å². The van der Waals surface area contributed by atoms with Crippen molar-refractivity contribution in [3.63, 3.8) is 0 Å². The van der Waals surface area contributed by atoms with Crippen LogP contribution in [0.1, 0.15) is 0 Å². The average molecular weight is 348 g/mol. The molecule has 118 valence electrons. The molecule has 0 spiro atoms. The number of hydrogen-bond acceptors (Lipinski definition) is 6. The lowest BCUT2D eigenvalue weighted by Crippen LogP contribution is -2.59. The van der Waals surface area contributed by atoms with Crippen molar-refractivity contribution in [1.29, 1.82) is 0 Å². The lowest BCUT2D eigenvalue weighted by atomic mass is 9.59. The fourth-order valence-electron chi connectivity index (χ4n) is 2.37. The highest BCUT2D eigenvalue weighted by atomic mass is 35.5. The Bertz CT molecular complexity index is 726. The summed E-state index contributed by atoms with van der Waals surface area (Å²) in [4.78, 5) is 13.7. The van der Waals surface area contributed by atoms with E-state index in [9.17, 15) is 24.5 Å². The third-order valence-corrected chi connectivity index (χ3v) is 4.36. The molecule has 4 N–H and O–H groups in total. The number of ether oxygens (including phenoxy) is 1. The number of aromatic amines is 1. The predicted molar refractivity (Wildman–Crippen MR) is 86.4 cm³/mol. The van der Waals surface area contributed by atoms with Crippen LogP contribution in [0.3, 0.4) is 0 Å². The molecule has 1 aliphatic heterocycles. The molecule has 1 aliphatic rings. The van der Waals surface area contributed by atoms with E-state index in [-0.39, 0.29) is 9.79 Å². The van der Waals surface area contributed by atoms with E-state index in [2.05, 4.69) is 4.98 Å². The summed E-state index contributed by atoms with van der Waals surface area (Å²) in [7, 11) is 3.43. The van der Waals surface area contributed by atoms with E-state index in [4.69, 9.17) is 28.6 Å². The molecule has 0 unspecified atom stereocenters. The third-order valence-electron chi connectivity index (χ3n) is 3.79. The first-order valence-corrected chi connectivity index (χ1v) is 7.13. The molecule has 0 bridgehead atoms. The van der Waals surface area contributed by atoms with E-state index in [1.165, 1.54) is 7.85 Å². The van der Waals surface area contributed by atoms with Gasteiger partial charge in [-0.3, -0.25) is 14.3 Å². The van der Waals surface area contributed by atoms with Gasteiger partial charge >= 0.3 is 0 Å². The maximum absolute atomic E-state index is 14.9. The minimum atomic E-state index is -2.96. The van der Waals surface area contributed by atoms with Crippen molar-refractivity contribution >= 4 is 47.4 Å². The first-order chi connectivity index (χ1) is 9.84. The Morgan fingerprint density at radius 3 is 2.50 bits per heavy atom. The highest BCUT2D eigenvalue weighted by Gasteiger charge is 2.66. The molecule has 2 heterocycles. The van der Waals surface area contributed by atoms with Gasteiger partial charge in [-0.25, -0.2) is 4.39 Å². The van der Waals surface area contributed by atoms with Crippen molar-refractivity contribution in [2.45, 2.75) is 29.1 Å². The lowest BCUT2D eigenvalue weighted by molar-refractivity contribution is -0.242. The van der Waals surface area contributed by atoms with Gasteiger partial charge in [0.05, 0.1) is 5.40 Å². The van der Waals surface area contributed by atoms with E-state index in [0.29, 0.717) is 0 Å². The molecule has 0 aromatic carbocycles. The lowest BCUT2D eigenvalue weighted by Gasteiger charge is -2.36. The third kappa shape index (κ3) is 2.38. The first kappa shape index (κ1) is 17.7. The number of alkyl halides is 1. The number of hydrogen-bond donors (Lipinski definition) is 4. The van der Waals surface area contributed by atoms with E-state index >= 15 is 0 Å². The van der Waals surface area contributed by atoms with Crippen LogP contribution in [0.5, 0.6) is 0 Å². The normalized spacial score (nSPS) is 35.7. The molecule has 2 rings (SSSR count). The second-order valence-electron chi connectivity index (χ2n) is 5.86. The highest BCUT2D eigenvalue weighted by molar-refractivity contribution is 7.71. The molecule has 7 nitrogen and oxygen atoms in total.